The van der Waals surface area contributed by atoms with E-state index in [1.165, 1.54) is 0 Å². The molecule has 0 aromatic carbocycles. The van der Waals surface area contributed by atoms with Gasteiger partial charge in [-0.3, -0.25) is 0 Å². The molecule has 0 aromatic heterocycles. The van der Waals surface area contributed by atoms with Gasteiger partial charge in [0.05, 0.1) is 11.6 Å². The van der Waals surface area contributed by atoms with Gasteiger partial charge in [0.25, 0.3) is 0 Å². The van der Waals surface area contributed by atoms with E-state index in [4.69, 9.17) is 6.42 Å². The van der Waals surface area contributed by atoms with Gasteiger partial charge in [-0.1, -0.05) is 12.8 Å². The molecule has 0 spiro atoms. The highest BCUT2D eigenvalue weighted by Gasteiger charge is 2.21. The largest absolute Gasteiger partial charge is 0.388 e. The maximum absolute atomic E-state index is 9.95. The fraction of sp³-hybridized carbons (Fsp3) is 0.818. The second-order valence-corrected chi connectivity index (χ2v) is 4.24. The van der Waals surface area contributed by atoms with Crippen molar-refractivity contribution in [1.29, 1.82) is 0 Å². The highest BCUT2D eigenvalue weighted by Crippen LogP contribution is 2.03. The van der Waals surface area contributed by atoms with E-state index >= 15 is 0 Å². The molecule has 2 N–H and O–H groups in total. The third-order valence-electron chi connectivity index (χ3n) is 2.00. The first-order chi connectivity index (χ1) is 6.41. The quantitative estimate of drug-likeness (QED) is 0.603. The summed E-state index contributed by atoms with van der Waals surface area (Å²) in [6, 6.07) is 0.0589. The van der Waals surface area contributed by atoms with Crippen molar-refractivity contribution >= 4 is 0 Å². The number of terminal acetylenes is 1. The minimum absolute atomic E-state index is 0.0589. The van der Waals surface area contributed by atoms with Gasteiger partial charge < -0.3 is 15.3 Å². The minimum Gasteiger partial charge on any atom is -0.388 e. The van der Waals surface area contributed by atoms with Gasteiger partial charge in [0.15, 0.2) is 0 Å². The molecule has 0 heterocycles. The molecule has 2 atom stereocenters. The van der Waals surface area contributed by atoms with Crippen LogP contribution < -0.4 is 5.32 Å². The van der Waals surface area contributed by atoms with Gasteiger partial charge in [-0.2, -0.15) is 0 Å². The molecule has 0 aromatic rings. The molecule has 0 aliphatic rings. The van der Waals surface area contributed by atoms with Crippen LogP contribution in [0.4, 0.5) is 0 Å². The molecule has 0 fully saturated rings. The third kappa shape index (κ3) is 5.98. The van der Waals surface area contributed by atoms with Crippen LogP contribution in [0.2, 0.25) is 0 Å². The summed E-state index contributed by atoms with van der Waals surface area (Å²) >= 11 is 0. The summed E-state index contributed by atoms with van der Waals surface area (Å²) in [5.74, 6) is 2.64. The zero-order valence-electron chi connectivity index (χ0n) is 9.67. The number of nitrogens with zero attached hydrogens (tertiary/aromatic N) is 1. The first-order valence-electron chi connectivity index (χ1n) is 4.98. The van der Waals surface area contributed by atoms with E-state index in [1.54, 1.807) is 0 Å². The summed E-state index contributed by atoms with van der Waals surface area (Å²) in [6.45, 7) is 4.98. The van der Waals surface area contributed by atoms with Crippen molar-refractivity contribution in [3.8, 4) is 12.3 Å². The molecule has 0 aliphatic carbocycles. The Morgan fingerprint density at radius 2 is 2.14 bits per heavy atom. The van der Waals surface area contributed by atoms with Gasteiger partial charge in [0.1, 0.15) is 0 Å². The Balaban J connectivity index is 3.92. The van der Waals surface area contributed by atoms with Crippen LogP contribution in [0.5, 0.6) is 0 Å². The Labute approximate surface area is 87.5 Å². The van der Waals surface area contributed by atoms with Gasteiger partial charge in [-0.25, -0.2) is 0 Å². The minimum atomic E-state index is -0.728. The van der Waals surface area contributed by atoms with Crippen LogP contribution in [0.3, 0.4) is 0 Å². The molecule has 14 heavy (non-hydrogen) atoms. The van der Waals surface area contributed by atoms with Crippen molar-refractivity contribution in [2.75, 3.05) is 27.2 Å². The monoisotopic (exact) mass is 198 g/mol. The lowest BCUT2D eigenvalue weighted by atomic mass is 10.1. The van der Waals surface area contributed by atoms with Crippen molar-refractivity contribution in [2.45, 2.75) is 31.9 Å². The Bertz CT molecular complexity index is 194. The molecule has 3 nitrogen and oxygen atoms in total. The summed E-state index contributed by atoms with van der Waals surface area (Å²) in [5.41, 5.74) is -0.728. The average molecular weight is 198 g/mol. The first-order valence-corrected chi connectivity index (χ1v) is 4.98. The van der Waals surface area contributed by atoms with Crippen molar-refractivity contribution in [1.82, 2.24) is 10.2 Å². The van der Waals surface area contributed by atoms with Crippen molar-refractivity contribution < 1.29 is 5.11 Å². The van der Waals surface area contributed by atoms with Crippen molar-refractivity contribution in [3.63, 3.8) is 0 Å². The molecular weight excluding hydrogens is 176 g/mol. The van der Waals surface area contributed by atoms with E-state index in [2.05, 4.69) is 11.2 Å². The molecule has 2 unspecified atom stereocenters. The molecule has 0 rings (SSSR count). The lowest BCUT2D eigenvalue weighted by molar-refractivity contribution is 0.0326. The second-order valence-electron chi connectivity index (χ2n) is 4.24. The Kier molecular flexibility index (Phi) is 5.78. The topological polar surface area (TPSA) is 35.5 Å². The number of nitrogens with one attached hydrogen (secondary N) is 1. The summed E-state index contributed by atoms with van der Waals surface area (Å²) in [5, 5.41) is 13.1. The molecule has 0 bridgehead atoms. The van der Waals surface area contributed by atoms with Crippen LogP contribution in [0.25, 0.3) is 0 Å². The molecule has 0 amide bonds. The molecule has 0 aliphatic heterocycles. The number of rotatable bonds is 6. The third-order valence-corrected chi connectivity index (χ3v) is 2.00. The summed E-state index contributed by atoms with van der Waals surface area (Å²) in [7, 11) is 3.87. The highest BCUT2D eigenvalue weighted by atomic mass is 16.3. The standard InChI is InChI=1S/C11H22N2O/c1-6-10(7-2)12-8-11(3,14)9-13(4)5/h1,10,12,14H,7-9H2,2-5H3. The van der Waals surface area contributed by atoms with Gasteiger partial charge in [0.2, 0.25) is 0 Å². The van der Waals surface area contributed by atoms with Crippen LogP contribution in [-0.4, -0.2) is 48.8 Å². The van der Waals surface area contributed by atoms with Crippen LogP contribution in [0, 0.1) is 12.3 Å². The Morgan fingerprint density at radius 1 is 1.57 bits per heavy atom. The molecule has 82 valence electrons. The molecule has 0 saturated carbocycles. The van der Waals surface area contributed by atoms with Gasteiger partial charge in [0, 0.05) is 13.1 Å². The number of hydrogen-bond acceptors (Lipinski definition) is 3. The fourth-order valence-electron chi connectivity index (χ4n) is 1.40. The van der Waals surface area contributed by atoms with Crippen LogP contribution >= 0.6 is 0 Å². The van der Waals surface area contributed by atoms with Gasteiger partial charge >= 0.3 is 0 Å². The molecule has 3 heteroatoms. The molecule has 0 saturated heterocycles. The highest BCUT2D eigenvalue weighted by molar-refractivity contribution is 4.98. The van der Waals surface area contributed by atoms with E-state index in [-0.39, 0.29) is 6.04 Å². The first kappa shape index (κ1) is 13.4. The summed E-state index contributed by atoms with van der Waals surface area (Å²) < 4.78 is 0. The predicted octanol–water partition coefficient (Wildman–Crippen LogP) is 0.300. The zero-order chi connectivity index (χ0) is 11.2. The smallest absolute Gasteiger partial charge is 0.0869 e. The molecular formula is C11H22N2O. The normalized spacial score (nSPS) is 17.5. The van der Waals surface area contributed by atoms with E-state index in [0.717, 1.165) is 6.42 Å². The lowest BCUT2D eigenvalue weighted by Gasteiger charge is -2.28. The van der Waals surface area contributed by atoms with E-state index < -0.39 is 5.60 Å². The Hall–Kier alpha value is -0.560. The van der Waals surface area contributed by atoms with Crippen LogP contribution in [-0.2, 0) is 0 Å². The Morgan fingerprint density at radius 3 is 2.50 bits per heavy atom. The lowest BCUT2D eigenvalue weighted by Crippen LogP contribution is -2.47. The van der Waals surface area contributed by atoms with Crippen LogP contribution in [0.1, 0.15) is 20.3 Å². The van der Waals surface area contributed by atoms with E-state index in [1.807, 2.05) is 32.8 Å². The zero-order valence-corrected chi connectivity index (χ0v) is 9.67. The number of hydrogen-bond donors (Lipinski definition) is 2. The fourth-order valence-corrected chi connectivity index (χ4v) is 1.40. The van der Waals surface area contributed by atoms with Crippen molar-refractivity contribution in [2.24, 2.45) is 0 Å². The van der Waals surface area contributed by atoms with Crippen LogP contribution in [0.15, 0.2) is 0 Å². The maximum Gasteiger partial charge on any atom is 0.0869 e. The maximum atomic E-state index is 9.95. The summed E-state index contributed by atoms with van der Waals surface area (Å²) in [4.78, 5) is 1.96. The van der Waals surface area contributed by atoms with E-state index in [0.29, 0.717) is 13.1 Å². The molecule has 0 radical (unpaired) electrons. The predicted molar refractivity (Wildman–Crippen MR) is 60.1 cm³/mol. The number of likely N-dealkylation sites (N-methyl/N-ethyl adjacent to an activating group) is 1. The number of aliphatic hydroxyl groups is 1. The van der Waals surface area contributed by atoms with Gasteiger partial charge in [-0.15, -0.1) is 6.42 Å². The SMILES string of the molecule is C#CC(CC)NCC(C)(O)CN(C)C. The second kappa shape index (κ2) is 6.02. The van der Waals surface area contributed by atoms with Gasteiger partial charge in [-0.05, 0) is 27.4 Å². The average Bonchev–Trinajstić information content (AvgIpc) is 2.03. The van der Waals surface area contributed by atoms with E-state index in [9.17, 15) is 5.11 Å². The summed E-state index contributed by atoms with van der Waals surface area (Å²) in [6.07, 6.45) is 6.19. The van der Waals surface area contributed by atoms with Crippen molar-refractivity contribution in [3.05, 3.63) is 0 Å².